The number of aryl methyl sites for hydroxylation is 1. The fourth-order valence-corrected chi connectivity index (χ4v) is 2.38. The molecule has 1 atom stereocenters. The Labute approximate surface area is 118 Å². The normalized spacial score (nSPS) is 12.2. The van der Waals surface area contributed by atoms with Crippen molar-refractivity contribution < 1.29 is 5.11 Å². The maximum atomic E-state index is 9.52. The number of anilines is 1. The Balaban J connectivity index is 2.10. The lowest BCUT2D eigenvalue weighted by atomic mass is 10.1. The second-order valence-corrected chi connectivity index (χ2v) is 5.52. The third-order valence-electron chi connectivity index (χ3n) is 3.20. The van der Waals surface area contributed by atoms with Crippen molar-refractivity contribution in [3.8, 4) is 5.75 Å². The molecular weight excluding hydrogens is 254 g/mol. The maximum Gasteiger partial charge on any atom is 0.118 e. The van der Waals surface area contributed by atoms with E-state index in [9.17, 15) is 5.11 Å². The Morgan fingerprint density at radius 3 is 2.37 bits per heavy atom. The highest BCUT2D eigenvalue weighted by Gasteiger charge is 2.06. The number of thioether (sulfide) groups is 1. The van der Waals surface area contributed by atoms with Crippen LogP contribution in [-0.2, 0) is 0 Å². The quantitative estimate of drug-likeness (QED) is 0.631. The van der Waals surface area contributed by atoms with Crippen molar-refractivity contribution in [2.24, 2.45) is 0 Å². The number of phenolic OH excluding ortho intramolecular Hbond substituents is 1. The van der Waals surface area contributed by atoms with E-state index in [-0.39, 0.29) is 6.04 Å². The summed E-state index contributed by atoms with van der Waals surface area (Å²) >= 11 is 1.75. The van der Waals surface area contributed by atoms with Gasteiger partial charge in [-0.3, -0.25) is 0 Å². The zero-order chi connectivity index (χ0) is 13.8. The summed E-state index contributed by atoms with van der Waals surface area (Å²) in [6.45, 7) is 4.04. The average Bonchev–Trinajstić information content (AvgIpc) is 2.43. The smallest absolute Gasteiger partial charge is 0.118 e. The third-order valence-corrected chi connectivity index (χ3v) is 3.94. The van der Waals surface area contributed by atoms with Gasteiger partial charge in [-0.1, -0.05) is 12.1 Å². The maximum absolute atomic E-state index is 9.52. The zero-order valence-electron chi connectivity index (χ0n) is 11.5. The Morgan fingerprint density at radius 1 is 1.11 bits per heavy atom. The van der Waals surface area contributed by atoms with Crippen LogP contribution in [0.25, 0.3) is 0 Å². The monoisotopic (exact) mass is 273 g/mol. The van der Waals surface area contributed by atoms with Gasteiger partial charge in [0.15, 0.2) is 0 Å². The molecule has 0 fully saturated rings. The van der Waals surface area contributed by atoms with Gasteiger partial charge in [0.25, 0.3) is 0 Å². The molecule has 0 saturated heterocycles. The summed E-state index contributed by atoms with van der Waals surface area (Å²) in [6.07, 6.45) is 2.08. The number of rotatable bonds is 4. The molecule has 0 saturated carbocycles. The largest absolute Gasteiger partial charge is 0.508 e. The van der Waals surface area contributed by atoms with E-state index in [0.29, 0.717) is 5.75 Å². The molecule has 0 aliphatic carbocycles. The topological polar surface area (TPSA) is 32.3 Å². The molecule has 2 aromatic rings. The van der Waals surface area contributed by atoms with Gasteiger partial charge in [-0.15, -0.1) is 11.8 Å². The molecule has 2 aromatic carbocycles. The number of nitrogens with one attached hydrogen (secondary N) is 1. The van der Waals surface area contributed by atoms with Crippen LogP contribution in [0.4, 0.5) is 5.69 Å². The van der Waals surface area contributed by atoms with Crippen molar-refractivity contribution in [3.05, 3.63) is 53.6 Å². The van der Waals surface area contributed by atoms with E-state index in [1.165, 1.54) is 10.5 Å². The summed E-state index contributed by atoms with van der Waals surface area (Å²) in [5.74, 6) is 0.336. The summed E-state index contributed by atoms with van der Waals surface area (Å²) < 4.78 is 0. The molecule has 100 valence electrons. The van der Waals surface area contributed by atoms with E-state index >= 15 is 0 Å². The predicted octanol–water partition coefficient (Wildman–Crippen LogP) is 4.60. The number of benzene rings is 2. The highest BCUT2D eigenvalue weighted by Crippen LogP contribution is 2.25. The van der Waals surface area contributed by atoms with Crippen LogP contribution >= 0.6 is 11.8 Å². The van der Waals surface area contributed by atoms with E-state index in [4.69, 9.17) is 0 Å². The molecule has 3 heteroatoms. The van der Waals surface area contributed by atoms with Gasteiger partial charge in [0.2, 0.25) is 0 Å². The Hall–Kier alpha value is -1.61. The second-order valence-electron chi connectivity index (χ2n) is 4.64. The van der Waals surface area contributed by atoms with Gasteiger partial charge in [-0.2, -0.15) is 0 Å². The van der Waals surface area contributed by atoms with Gasteiger partial charge < -0.3 is 10.4 Å². The van der Waals surface area contributed by atoms with Crippen molar-refractivity contribution in [1.82, 2.24) is 0 Å². The average molecular weight is 273 g/mol. The van der Waals surface area contributed by atoms with Crippen LogP contribution in [-0.4, -0.2) is 11.4 Å². The van der Waals surface area contributed by atoms with Crippen molar-refractivity contribution in [3.63, 3.8) is 0 Å². The minimum atomic E-state index is 0.236. The van der Waals surface area contributed by atoms with Gasteiger partial charge in [-0.05, 0) is 61.6 Å². The first-order valence-electron chi connectivity index (χ1n) is 6.30. The van der Waals surface area contributed by atoms with Gasteiger partial charge >= 0.3 is 0 Å². The van der Waals surface area contributed by atoms with Gasteiger partial charge in [0.05, 0.1) is 0 Å². The van der Waals surface area contributed by atoms with Crippen molar-refractivity contribution in [1.29, 1.82) is 0 Å². The van der Waals surface area contributed by atoms with Crippen LogP contribution in [0.3, 0.4) is 0 Å². The Bertz CT molecular complexity index is 551. The molecule has 0 heterocycles. The van der Waals surface area contributed by atoms with Crippen molar-refractivity contribution >= 4 is 17.4 Å². The first-order chi connectivity index (χ1) is 9.10. The first kappa shape index (κ1) is 13.8. The zero-order valence-corrected chi connectivity index (χ0v) is 12.3. The van der Waals surface area contributed by atoms with Crippen LogP contribution in [0.15, 0.2) is 47.4 Å². The van der Waals surface area contributed by atoms with Gasteiger partial charge in [0, 0.05) is 16.6 Å². The van der Waals surface area contributed by atoms with Crippen LogP contribution in [0.2, 0.25) is 0 Å². The summed E-state index contributed by atoms with van der Waals surface area (Å²) in [5.41, 5.74) is 3.16. The molecule has 0 bridgehead atoms. The van der Waals surface area contributed by atoms with Crippen molar-refractivity contribution in [2.75, 3.05) is 11.6 Å². The molecule has 19 heavy (non-hydrogen) atoms. The van der Waals surface area contributed by atoms with Crippen molar-refractivity contribution in [2.45, 2.75) is 24.8 Å². The first-order valence-corrected chi connectivity index (χ1v) is 7.52. The fourth-order valence-electron chi connectivity index (χ4n) is 1.97. The molecular formula is C16H19NOS. The lowest BCUT2D eigenvalue weighted by Gasteiger charge is -2.16. The lowest BCUT2D eigenvalue weighted by Crippen LogP contribution is -2.06. The van der Waals surface area contributed by atoms with E-state index in [1.54, 1.807) is 17.8 Å². The van der Waals surface area contributed by atoms with E-state index in [1.807, 2.05) is 19.1 Å². The van der Waals surface area contributed by atoms with E-state index < -0.39 is 0 Å². The molecule has 2 nitrogen and oxygen atoms in total. The van der Waals surface area contributed by atoms with E-state index in [0.717, 1.165) is 11.3 Å². The Morgan fingerprint density at radius 2 is 1.79 bits per heavy atom. The fraction of sp³-hybridized carbons (Fsp3) is 0.250. The lowest BCUT2D eigenvalue weighted by molar-refractivity contribution is 0.471. The van der Waals surface area contributed by atoms with Crippen LogP contribution < -0.4 is 5.32 Å². The molecule has 0 radical (unpaired) electrons. The molecule has 0 aromatic heterocycles. The minimum Gasteiger partial charge on any atom is -0.508 e. The summed E-state index contributed by atoms with van der Waals surface area (Å²) in [5, 5.41) is 13.0. The summed E-state index contributed by atoms with van der Waals surface area (Å²) in [7, 11) is 0. The number of aromatic hydroxyl groups is 1. The predicted molar refractivity (Wildman–Crippen MR) is 83.1 cm³/mol. The Kier molecular flexibility index (Phi) is 4.38. The molecule has 0 amide bonds. The highest BCUT2D eigenvalue weighted by molar-refractivity contribution is 7.98. The van der Waals surface area contributed by atoms with Crippen LogP contribution in [0.5, 0.6) is 5.75 Å². The molecule has 2 rings (SSSR count). The number of hydrogen-bond acceptors (Lipinski definition) is 3. The SMILES string of the molecule is CSc1ccc(C(C)Nc2ccc(O)c(C)c2)cc1. The van der Waals surface area contributed by atoms with Crippen LogP contribution in [0.1, 0.15) is 24.1 Å². The summed E-state index contributed by atoms with van der Waals surface area (Å²) in [4.78, 5) is 1.27. The molecule has 0 aliphatic heterocycles. The van der Waals surface area contributed by atoms with Gasteiger partial charge in [-0.25, -0.2) is 0 Å². The number of phenols is 1. The van der Waals surface area contributed by atoms with E-state index in [2.05, 4.69) is 42.8 Å². The molecule has 2 N–H and O–H groups in total. The summed E-state index contributed by atoms with van der Waals surface area (Å²) in [6, 6.07) is 14.4. The molecule has 1 unspecified atom stereocenters. The minimum absolute atomic E-state index is 0.236. The van der Waals surface area contributed by atoms with Crippen LogP contribution in [0, 0.1) is 6.92 Å². The standard InChI is InChI=1S/C16H19NOS/c1-11-10-14(6-9-16(11)18)17-12(2)13-4-7-15(19-3)8-5-13/h4-10,12,17-18H,1-3H3. The molecule has 0 aliphatic rings. The highest BCUT2D eigenvalue weighted by atomic mass is 32.2. The van der Waals surface area contributed by atoms with Gasteiger partial charge in [0.1, 0.15) is 5.75 Å². The number of hydrogen-bond donors (Lipinski definition) is 2. The molecule has 0 spiro atoms. The second kappa shape index (κ2) is 6.02. The third kappa shape index (κ3) is 3.44.